The van der Waals surface area contributed by atoms with Gasteiger partial charge in [0.1, 0.15) is 22.6 Å². The van der Waals surface area contributed by atoms with Crippen molar-refractivity contribution in [2.45, 2.75) is 0 Å². The van der Waals surface area contributed by atoms with Gasteiger partial charge in [-0.15, -0.1) is 0 Å². The largest absolute Gasteiger partial charge is 0.507 e. The Labute approximate surface area is 177 Å². The summed E-state index contributed by atoms with van der Waals surface area (Å²) in [6.07, 6.45) is 0. The molecule has 10 heteroatoms. The van der Waals surface area contributed by atoms with Gasteiger partial charge in [-0.3, -0.25) is 4.79 Å². The van der Waals surface area contributed by atoms with Gasteiger partial charge in [0.25, 0.3) is 0 Å². The van der Waals surface area contributed by atoms with E-state index in [9.17, 15) is 45.3 Å². The number of phenolic OH excluding ortho intramolecular Hbond substituents is 6. The van der Waals surface area contributed by atoms with Gasteiger partial charge in [0, 0.05) is 23.3 Å². The molecule has 0 unspecified atom stereocenters. The Morgan fingerprint density at radius 3 is 2.06 bits per heavy atom. The van der Waals surface area contributed by atoms with Crippen LogP contribution < -0.4 is 5.43 Å². The molecule has 0 aliphatic carbocycles. The number of rotatable bonds is 3. The van der Waals surface area contributed by atoms with Crippen molar-refractivity contribution >= 4 is 16.9 Å². The predicted octanol–water partition coefficient (Wildman–Crippen LogP) is 3.06. The van der Waals surface area contributed by atoms with Gasteiger partial charge in [0.05, 0.1) is 11.1 Å². The van der Waals surface area contributed by atoms with Crippen LogP contribution in [0.2, 0.25) is 0 Å². The summed E-state index contributed by atoms with van der Waals surface area (Å²) in [7, 11) is 0. The summed E-state index contributed by atoms with van der Waals surface area (Å²) in [5.74, 6) is -5.64. The van der Waals surface area contributed by atoms with Crippen LogP contribution in [0.4, 0.5) is 0 Å². The first-order chi connectivity index (χ1) is 15.1. The summed E-state index contributed by atoms with van der Waals surface area (Å²) in [6, 6.07) is 7.21. The first kappa shape index (κ1) is 20.4. The molecule has 1 aromatic heterocycles. The Balaban J connectivity index is 2.17. The minimum absolute atomic E-state index is 0.131. The number of aromatic carboxylic acids is 1. The summed E-state index contributed by atoms with van der Waals surface area (Å²) in [6.45, 7) is 0. The summed E-state index contributed by atoms with van der Waals surface area (Å²) >= 11 is 0. The normalized spacial score (nSPS) is 11.0. The number of carbonyl (C=O) groups is 1. The molecular formula is C22H14O10. The monoisotopic (exact) mass is 438 g/mol. The summed E-state index contributed by atoms with van der Waals surface area (Å²) < 4.78 is 5.70. The second kappa shape index (κ2) is 7.13. The maximum absolute atomic E-state index is 12.8. The average molecular weight is 438 g/mol. The smallest absolute Gasteiger partial charge is 0.336 e. The van der Waals surface area contributed by atoms with Gasteiger partial charge in [0.15, 0.2) is 34.0 Å². The molecule has 0 bridgehead atoms. The lowest BCUT2D eigenvalue weighted by molar-refractivity contribution is 0.0697. The number of phenols is 6. The molecule has 0 amide bonds. The second-order valence-electron chi connectivity index (χ2n) is 6.83. The molecule has 10 nitrogen and oxygen atoms in total. The summed E-state index contributed by atoms with van der Waals surface area (Å²) in [4.78, 5) is 24.5. The molecule has 0 atom stereocenters. The Hall–Kier alpha value is -4.86. The highest BCUT2D eigenvalue weighted by Crippen LogP contribution is 2.48. The number of carboxylic acids is 1. The van der Waals surface area contributed by atoms with E-state index < -0.39 is 73.6 Å². The minimum atomic E-state index is -1.52. The highest BCUT2D eigenvalue weighted by molar-refractivity contribution is 6.07. The van der Waals surface area contributed by atoms with Crippen molar-refractivity contribution in [2.75, 3.05) is 0 Å². The zero-order chi connectivity index (χ0) is 23.3. The van der Waals surface area contributed by atoms with Gasteiger partial charge in [-0.1, -0.05) is 0 Å². The lowest BCUT2D eigenvalue weighted by Gasteiger charge is -2.15. The Kier molecular flexibility index (Phi) is 4.55. The van der Waals surface area contributed by atoms with E-state index in [1.54, 1.807) is 0 Å². The van der Waals surface area contributed by atoms with Gasteiger partial charge in [-0.2, -0.15) is 0 Å². The molecule has 0 aliphatic rings. The fourth-order valence-electron chi connectivity index (χ4n) is 3.37. The number of benzene rings is 3. The Morgan fingerprint density at radius 2 is 1.41 bits per heavy atom. The van der Waals surface area contributed by atoms with Crippen molar-refractivity contribution in [3.8, 4) is 56.9 Å². The minimum Gasteiger partial charge on any atom is -0.507 e. The third-order valence-corrected chi connectivity index (χ3v) is 4.86. The van der Waals surface area contributed by atoms with E-state index >= 15 is 0 Å². The predicted molar refractivity (Wildman–Crippen MR) is 110 cm³/mol. The Morgan fingerprint density at radius 1 is 0.719 bits per heavy atom. The summed E-state index contributed by atoms with van der Waals surface area (Å²) in [5, 5.41) is 69.4. The van der Waals surface area contributed by atoms with Gasteiger partial charge in [-0.25, -0.2) is 4.79 Å². The van der Waals surface area contributed by atoms with Crippen molar-refractivity contribution in [3.63, 3.8) is 0 Å². The van der Waals surface area contributed by atoms with Crippen molar-refractivity contribution in [2.24, 2.45) is 0 Å². The van der Waals surface area contributed by atoms with E-state index in [-0.39, 0.29) is 11.3 Å². The molecule has 7 N–H and O–H groups in total. The molecule has 0 spiro atoms. The van der Waals surface area contributed by atoms with E-state index in [2.05, 4.69) is 0 Å². The number of hydrogen-bond acceptors (Lipinski definition) is 9. The quantitative estimate of drug-likeness (QED) is 0.234. The molecule has 162 valence electrons. The average Bonchev–Trinajstić information content (AvgIpc) is 2.72. The molecule has 0 radical (unpaired) electrons. The number of fused-ring (bicyclic) bond motifs is 1. The van der Waals surface area contributed by atoms with Gasteiger partial charge in [0.2, 0.25) is 0 Å². The molecule has 4 aromatic rings. The SMILES string of the molecule is O=C(O)c1ccc(O)c(O)c1-c1c(O)cc(O)c2c(=O)cc(-c3ccc(O)c(O)c3)oc12. The van der Waals surface area contributed by atoms with Crippen LogP contribution in [-0.4, -0.2) is 41.7 Å². The second-order valence-corrected chi connectivity index (χ2v) is 6.83. The highest BCUT2D eigenvalue weighted by atomic mass is 16.4. The molecule has 0 saturated carbocycles. The Bertz CT molecular complexity index is 1480. The number of aromatic hydroxyl groups is 6. The zero-order valence-electron chi connectivity index (χ0n) is 15.9. The number of carboxylic acid groups (broad SMARTS) is 1. The highest BCUT2D eigenvalue weighted by Gasteiger charge is 2.27. The molecule has 0 aliphatic heterocycles. The molecular weight excluding hydrogens is 424 g/mol. The van der Waals surface area contributed by atoms with Crippen LogP contribution in [0.15, 0.2) is 51.7 Å². The molecule has 0 saturated heterocycles. The zero-order valence-corrected chi connectivity index (χ0v) is 15.9. The first-order valence-corrected chi connectivity index (χ1v) is 8.94. The fraction of sp³-hybridized carbons (Fsp3) is 0. The van der Waals surface area contributed by atoms with E-state index in [1.807, 2.05) is 0 Å². The van der Waals surface area contributed by atoms with Crippen molar-refractivity contribution in [1.82, 2.24) is 0 Å². The molecule has 32 heavy (non-hydrogen) atoms. The van der Waals surface area contributed by atoms with Crippen LogP contribution >= 0.6 is 0 Å². The van der Waals surface area contributed by atoms with Crippen molar-refractivity contribution < 1.29 is 45.0 Å². The molecule has 4 rings (SSSR count). The van der Waals surface area contributed by atoms with E-state index in [0.717, 1.165) is 36.4 Å². The van der Waals surface area contributed by atoms with Crippen LogP contribution in [0.3, 0.4) is 0 Å². The van der Waals surface area contributed by atoms with Crippen LogP contribution in [-0.2, 0) is 0 Å². The number of hydrogen-bond donors (Lipinski definition) is 7. The lowest BCUT2D eigenvalue weighted by Crippen LogP contribution is -2.04. The van der Waals surface area contributed by atoms with Crippen LogP contribution in [0.25, 0.3) is 33.4 Å². The summed E-state index contributed by atoms with van der Waals surface area (Å²) in [5.41, 5.74) is -2.69. The maximum Gasteiger partial charge on any atom is 0.336 e. The van der Waals surface area contributed by atoms with E-state index in [4.69, 9.17) is 4.42 Å². The third-order valence-electron chi connectivity index (χ3n) is 4.86. The fourth-order valence-corrected chi connectivity index (χ4v) is 3.37. The molecule has 0 fully saturated rings. The lowest BCUT2D eigenvalue weighted by atomic mass is 9.94. The maximum atomic E-state index is 12.8. The van der Waals surface area contributed by atoms with Crippen molar-refractivity contribution in [1.29, 1.82) is 0 Å². The van der Waals surface area contributed by atoms with Gasteiger partial charge >= 0.3 is 5.97 Å². The van der Waals surface area contributed by atoms with Gasteiger partial charge in [-0.05, 0) is 30.3 Å². The van der Waals surface area contributed by atoms with E-state index in [1.165, 1.54) is 6.07 Å². The first-order valence-electron chi connectivity index (χ1n) is 8.94. The topological polar surface area (TPSA) is 189 Å². The van der Waals surface area contributed by atoms with E-state index in [0.29, 0.717) is 0 Å². The van der Waals surface area contributed by atoms with Gasteiger partial charge < -0.3 is 40.2 Å². The third kappa shape index (κ3) is 3.06. The van der Waals surface area contributed by atoms with Crippen LogP contribution in [0.1, 0.15) is 10.4 Å². The molecule has 1 heterocycles. The van der Waals surface area contributed by atoms with Crippen LogP contribution in [0.5, 0.6) is 34.5 Å². The standard InChI is InChI=1S/C22H14O10/c23-10-3-1-8(5-12(10)25)16-7-15(28)18-13(26)6-14(27)19(21(18)32-16)17-9(22(30)31)2-4-11(24)20(17)29/h1-7,23-27,29H,(H,30,31). The van der Waals surface area contributed by atoms with Crippen LogP contribution in [0, 0.1) is 0 Å². The molecule has 3 aromatic carbocycles. The van der Waals surface area contributed by atoms with Crippen molar-refractivity contribution in [3.05, 3.63) is 58.3 Å².